The number of nitrogens with one attached hydrogen (secondary N) is 1. The first-order chi connectivity index (χ1) is 10.2. The van der Waals surface area contributed by atoms with Crippen molar-refractivity contribution in [1.82, 2.24) is 0 Å². The van der Waals surface area contributed by atoms with Crippen LogP contribution < -0.4 is 9.64 Å². The second kappa shape index (κ2) is 6.61. The molecular formula is C18H26NO2+. The maximum absolute atomic E-state index is 12.4. The summed E-state index contributed by atoms with van der Waals surface area (Å²) in [6.45, 7) is 5.54. The number of benzene rings is 1. The molecule has 0 bridgehead atoms. The van der Waals surface area contributed by atoms with Crippen LogP contribution in [0.15, 0.2) is 18.2 Å². The number of ketones is 1. The fraction of sp³-hybridized carbons (Fsp3) is 0.611. The largest absolute Gasteiger partial charge is 0.490 e. The first-order valence-corrected chi connectivity index (χ1v) is 8.39. The summed E-state index contributed by atoms with van der Waals surface area (Å²) < 4.78 is 5.70. The molecule has 2 aliphatic heterocycles. The summed E-state index contributed by atoms with van der Waals surface area (Å²) in [6, 6.07) is 5.93. The second-order valence-electron chi connectivity index (χ2n) is 6.54. The van der Waals surface area contributed by atoms with Gasteiger partial charge in [0.1, 0.15) is 11.9 Å². The lowest BCUT2D eigenvalue weighted by Crippen LogP contribution is -3.11. The zero-order chi connectivity index (χ0) is 14.7. The highest BCUT2D eigenvalue weighted by molar-refractivity contribution is 5.96. The third-order valence-corrected chi connectivity index (χ3v) is 4.73. The lowest BCUT2D eigenvalue weighted by atomic mass is 10.0. The molecule has 1 unspecified atom stereocenters. The lowest BCUT2D eigenvalue weighted by Gasteiger charge is -2.16. The number of Topliss-reactive ketones (excluding diaryl/α,β-unsaturated/α-hetero) is 1. The van der Waals surface area contributed by atoms with Gasteiger partial charge >= 0.3 is 0 Å². The number of ether oxygens (including phenoxy) is 1. The topological polar surface area (TPSA) is 30.7 Å². The van der Waals surface area contributed by atoms with Crippen molar-refractivity contribution < 1.29 is 14.4 Å². The quantitative estimate of drug-likeness (QED) is 0.860. The zero-order valence-electron chi connectivity index (χ0n) is 13.0. The highest BCUT2D eigenvalue weighted by atomic mass is 16.5. The molecule has 1 aromatic rings. The fourth-order valence-electron chi connectivity index (χ4n) is 3.51. The predicted molar refractivity (Wildman–Crippen MR) is 83.2 cm³/mol. The second-order valence-corrected chi connectivity index (χ2v) is 6.54. The molecule has 2 aliphatic rings. The maximum atomic E-state index is 12.4. The maximum Gasteiger partial charge on any atom is 0.168 e. The zero-order valence-corrected chi connectivity index (χ0v) is 13.0. The number of rotatable bonds is 4. The molecule has 1 N–H and O–H groups in total. The van der Waals surface area contributed by atoms with Gasteiger partial charge in [-0.1, -0.05) is 0 Å². The minimum atomic E-state index is 0.242. The molecule has 2 heterocycles. The van der Waals surface area contributed by atoms with E-state index in [1.807, 2.05) is 18.2 Å². The SMILES string of the molecule is CC1Cc2cc(C(=O)CC[NH+]3CCCCCC3)ccc2O1. The van der Waals surface area contributed by atoms with E-state index in [0.29, 0.717) is 6.42 Å². The van der Waals surface area contributed by atoms with Crippen LogP contribution >= 0.6 is 0 Å². The summed E-state index contributed by atoms with van der Waals surface area (Å²) in [7, 11) is 0. The Morgan fingerprint density at radius 1 is 1.24 bits per heavy atom. The summed E-state index contributed by atoms with van der Waals surface area (Å²) in [5.41, 5.74) is 2.05. The van der Waals surface area contributed by atoms with E-state index in [4.69, 9.17) is 4.74 Å². The Bertz CT molecular complexity index is 504. The van der Waals surface area contributed by atoms with Crippen LogP contribution in [0.2, 0.25) is 0 Å². The summed E-state index contributed by atoms with van der Waals surface area (Å²) in [4.78, 5) is 14.0. The van der Waals surface area contributed by atoms with Gasteiger partial charge in [0, 0.05) is 12.0 Å². The van der Waals surface area contributed by atoms with Gasteiger partial charge in [0.25, 0.3) is 0 Å². The molecule has 0 amide bonds. The first kappa shape index (κ1) is 14.6. The average molecular weight is 288 g/mol. The smallest absolute Gasteiger partial charge is 0.168 e. The molecular weight excluding hydrogens is 262 g/mol. The van der Waals surface area contributed by atoms with Gasteiger partial charge in [-0.2, -0.15) is 0 Å². The molecule has 21 heavy (non-hydrogen) atoms. The molecule has 1 atom stereocenters. The predicted octanol–water partition coefficient (Wildman–Crippen LogP) is 2.04. The Morgan fingerprint density at radius 3 is 2.76 bits per heavy atom. The molecule has 114 valence electrons. The van der Waals surface area contributed by atoms with Crippen LogP contribution in [-0.2, 0) is 6.42 Å². The highest BCUT2D eigenvalue weighted by Crippen LogP contribution is 2.29. The van der Waals surface area contributed by atoms with E-state index in [2.05, 4.69) is 6.92 Å². The van der Waals surface area contributed by atoms with Crippen LogP contribution in [0, 0.1) is 0 Å². The lowest BCUT2D eigenvalue weighted by molar-refractivity contribution is -0.898. The molecule has 0 radical (unpaired) electrons. The molecule has 3 rings (SSSR count). The van der Waals surface area contributed by atoms with Gasteiger partial charge in [-0.15, -0.1) is 0 Å². The minimum Gasteiger partial charge on any atom is -0.490 e. The van der Waals surface area contributed by atoms with Crippen molar-refractivity contribution in [2.75, 3.05) is 19.6 Å². The van der Waals surface area contributed by atoms with E-state index in [-0.39, 0.29) is 11.9 Å². The molecule has 0 aromatic heterocycles. The van der Waals surface area contributed by atoms with Gasteiger partial charge in [-0.3, -0.25) is 4.79 Å². The Balaban J connectivity index is 1.57. The number of carbonyl (C=O) groups excluding carboxylic acids is 1. The molecule has 1 saturated heterocycles. The van der Waals surface area contributed by atoms with E-state index >= 15 is 0 Å². The highest BCUT2D eigenvalue weighted by Gasteiger charge is 2.21. The monoisotopic (exact) mass is 288 g/mol. The molecule has 0 spiro atoms. The van der Waals surface area contributed by atoms with Gasteiger partial charge in [0.15, 0.2) is 5.78 Å². The van der Waals surface area contributed by atoms with Crippen molar-refractivity contribution in [3.63, 3.8) is 0 Å². The van der Waals surface area contributed by atoms with Crippen LogP contribution in [0.25, 0.3) is 0 Å². The summed E-state index contributed by atoms with van der Waals surface area (Å²) in [6.07, 6.45) is 7.20. The standard InChI is InChI=1S/C18H25NO2/c1-14-12-16-13-15(6-7-18(16)21-14)17(20)8-11-19-9-4-2-3-5-10-19/h6-7,13-14H,2-5,8-12H2,1H3/p+1. The number of quaternary nitrogens is 1. The van der Waals surface area contributed by atoms with E-state index in [1.165, 1.54) is 44.3 Å². The third-order valence-electron chi connectivity index (χ3n) is 4.73. The van der Waals surface area contributed by atoms with Crippen LogP contribution in [0.4, 0.5) is 0 Å². The van der Waals surface area contributed by atoms with Crippen molar-refractivity contribution >= 4 is 5.78 Å². The Kier molecular flexibility index (Phi) is 4.59. The molecule has 0 aliphatic carbocycles. The average Bonchev–Trinajstić information content (AvgIpc) is 2.69. The normalized spacial score (nSPS) is 22.4. The van der Waals surface area contributed by atoms with E-state index < -0.39 is 0 Å². The Morgan fingerprint density at radius 2 is 2.00 bits per heavy atom. The van der Waals surface area contributed by atoms with Crippen molar-refractivity contribution in [3.8, 4) is 5.75 Å². The number of likely N-dealkylation sites (tertiary alicyclic amines) is 1. The molecule has 1 aromatic carbocycles. The van der Waals surface area contributed by atoms with Crippen molar-refractivity contribution in [2.45, 2.75) is 51.6 Å². The molecule has 3 nitrogen and oxygen atoms in total. The van der Waals surface area contributed by atoms with Gasteiger partial charge in [0.2, 0.25) is 0 Å². The first-order valence-electron chi connectivity index (χ1n) is 8.39. The van der Waals surface area contributed by atoms with Crippen LogP contribution in [0.5, 0.6) is 5.75 Å². The molecule has 1 fully saturated rings. The van der Waals surface area contributed by atoms with Gasteiger partial charge in [-0.25, -0.2) is 0 Å². The number of hydrogen-bond donors (Lipinski definition) is 1. The Hall–Kier alpha value is -1.35. The van der Waals surface area contributed by atoms with Gasteiger partial charge < -0.3 is 9.64 Å². The fourth-order valence-corrected chi connectivity index (χ4v) is 3.51. The van der Waals surface area contributed by atoms with Gasteiger partial charge in [-0.05, 0) is 56.4 Å². The van der Waals surface area contributed by atoms with Crippen LogP contribution in [0.3, 0.4) is 0 Å². The summed E-state index contributed by atoms with van der Waals surface area (Å²) in [5, 5.41) is 0. The van der Waals surface area contributed by atoms with Crippen molar-refractivity contribution in [1.29, 1.82) is 0 Å². The van der Waals surface area contributed by atoms with Crippen LogP contribution in [-0.4, -0.2) is 31.5 Å². The molecule has 0 saturated carbocycles. The van der Waals surface area contributed by atoms with E-state index in [1.54, 1.807) is 4.90 Å². The van der Waals surface area contributed by atoms with Crippen molar-refractivity contribution in [3.05, 3.63) is 29.3 Å². The van der Waals surface area contributed by atoms with Crippen molar-refractivity contribution in [2.24, 2.45) is 0 Å². The van der Waals surface area contributed by atoms with Gasteiger partial charge in [0.05, 0.1) is 26.1 Å². The van der Waals surface area contributed by atoms with E-state index in [9.17, 15) is 4.79 Å². The summed E-state index contributed by atoms with van der Waals surface area (Å²) in [5.74, 6) is 1.24. The Labute approximate surface area is 127 Å². The number of fused-ring (bicyclic) bond motifs is 1. The number of hydrogen-bond acceptors (Lipinski definition) is 2. The molecule has 3 heteroatoms. The van der Waals surface area contributed by atoms with E-state index in [0.717, 1.165) is 24.3 Å². The third kappa shape index (κ3) is 3.65. The number of carbonyl (C=O) groups is 1. The minimum absolute atomic E-state index is 0.242. The van der Waals surface area contributed by atoms with Crippen LogP contribution in [0.1, 0.15) is 54.9 Å². The summed E-state index contributed by atoms with van der Waals surface area (Å²) >= 11 is 0.